The summed E-state index contributed by atoms with van der Waals surface area (Å²) in [7, 11) is 0. The maximum Gasteiger partial charge on any atom is 0.0541 e. The molecule has 3 nitrogen and oxygen atoms in total. The standard InChI is InChI=1S/C49H41N3/c1-3-4-5-14-33-50(49-34-40(28-23-35(49)2)52-47-21-12-8-17-43(47)44-18-9-13-22-48(44)52)38-29-24-36(25-30-38)37-26-31-39(32-27-37)51-45-19-10-6-15-41(45)42-16-7-11-20-46(42)51/h3-10,12-13,15-19,21-32,34H,1,11,14,20,33H2,2H3/b5-4-. The van der Waals surface area contributed by atoms with Gasteiger partial charge in [0.15, 0.2) is 0 Å². The van der Waals surface area contributed by atoms with Gasteiger partial charge in [-0.2, -0.15) is 0 Å². The third-order valence-electron chi connectivity index (χ3n) is 10.6. The Morgan fingerprint density at radius 2 is 1.25 bits per heavy atom. The first-order valence-corrected chi connectivity index (χ1v) is 18.3. The third-order valence-corrected chi connectivity index (χ3v) is 10.6. The zero-order valence-electron chi connectivity index (χ0n) is 29.5. The predicted molar refractivity (Wildman–Crippen MR) is 223 cm³/mol. The zero-order chi connectivity index (χ0) is 35.0. The van der Waals surface area contributed by atoms with Crippen molar-refractivity contribution in [2.75, 3.05) is 11.4 Å². The summed E-state index contributed by atoms with van der Waals surface area (Å²) >= 11 is 0. The van der Waals surface area contributed by atoms with E-state index in [1.165, 1.54) is 77.7 Å². The number of aryl methyl sites for hydroxylation is 1. The van der Waals surface area contributed by atoms with Crippen molar-refractivity contribution in [3.63, 3.8) is 0 Å². The Balaban J connectivity index is 1.07. The van der Waals surface area contributed by atoms with Crippen molar-refractivity contribution in [1.29, 1.82) is 0 Å². The van der Waals surface area contributed by atoms with E-state index in [4.69, 9.17) is 0 Å². The molecule has 0 bridgehead atoms. The minimum atomic E-state index is 0.847. The maximum atomic E-state index is 3.88. The zero-order valence-corrected chi connectivity index (χ0v) is 29.5. The monoisotopic (exact) mass is 671 g/mol. The van der Waals surface area contributed by atoms with Gasteiger partial charge < -0.3 is 14.0 Å². The van der Waals surface area contributed by atoms with Gasteiger partial charge in [-0.1, -0.05) is 122 Å². The van der Waals surface area contributed by atoms with E-state index in [1.54, 1.807) is 0 Å². The van der Waals surface area contributed by atoms with E-state index in [0.29, 0.717) is 0 Å². The smallest absolute Gasteiger partial charge is 0.0541 e. The molecule has 0 saturated heterocycles. The quantitative estimate of drug-likeness (QED) is 0.139. The van der Waals surface area contributed by atoms with Crippen molar-refractivity contribution >= 4 is 50.2 Å². The first kappa shape index (κ1) is 31.6. The molecule has 0 saturated carbocycles. The highest BCUT2D eigenvalue weighted by atomic mass is 15.1. The molecule has 2 heterocycles. The summed E-state index contributed by atoms with van der Waals surface area (Å²) in [5, 5.41) is 3.87. The summed E-state index contributed by atoms with van der Waals surface area (Å²) in [5.74, 6) is 0. The van der Waals surface area contributed by atoms with Crippen molar-refractivity contribution < 1.29 is 0 Å². The number of hydrogen-bond donors (Lipinski definition) is 0. The Hall–Kier alpha value is -6.32. The van der Waals surface area contributed by atoms with E-state index in [-0.39, 0.29) is 0 Å². The molecule has 1 aliphatic rings. The van der Waals surface area contributed by atoms with Crippen molar-refractivity contribution in [3.05, 3.63) is 187 Å². The number of aromatic nitrogens is 2. The number of para-hydroxylation sites is 3. The van der Waals surface area contributed by atoms with E-state index in [1.807, 2.05) is 12.2 Å². The van der Waals surface area contributed by atoms with Gasteiger partial charge in [0.05, 0.1) is 16.6 Å². The lowest BCUT2D eigenvalue weighted by Gasteiger charge is -2.27. The van der Waals surface area contributed by atoms with Crippen LogP contribution in [0.25, 0.3) is 61.3 Å². The molecule has 0 atom stereocenters. The van der Waals surface area contributed by atoms with Crippen LogP contribution in [0, 0.1) is 6.92 Å². The highest BCUT2D eigenvalue weighted by molar-refractivity contribution is 6.09. The van der Waals surface area contributed by atoms with Crippen LogP contribution in [0.15, 0.2) is 170 Å². The summed E-state index contributed by atoms with van der Waals surface area (Å²) in [5.41, 5.74) is 14.9. The molecule has 9 rings (SSSR count). The minimum absolute atomic E-state index is 0.847. The second-order valence-electron chi connectivity index (χ2n) is 13.7. The number of anilines is 2. The molecular weight excluding hydrogens is 631 g/mol. The number of rotatable bonds is 9. The van der Waals surface area contributed by atoms with Crippen molar-refractivity contribution in [1.82, 2.24) is 9.13 Å². The van der Waals surface area contributed by atoms with E-state index in [2.05, 4.69) is 185 Å². The van der Waals surface area contributed by atoms with E-state index < -0.39 is 0 Å². The summed E-state index contributed by atoms with van der Waals surface area (Å²) in [6.45, 7) is 6.95. The first-order valence-electron chi connectivity index (χ1n) is 18.3. The van der Waals surface area contributed by atoms with Crippen LogP contribution in [0.3, 0.4) is 0 Å². The number of nitrogens with zero attached hydrogens (tertiary/aromatic N) is 3. The molecule has 0 aliphatic heterocycles. The van der Waals surface area contributed by atoms with Gasteiger partial charge >= 0.3 is 0 Å². The third kappa shape index (κ3) is 5.46. The topological polar surface area (TPSA) is 13.1 Å². The molecule has 0 radical (unpaired) electrons. The van der Waals surface area contributed by atoms with Gasteiger partial charge in [0.2, 0.25) is 0 Å². The average Bonchev–Trinajstić information content (AvgIpc) is 3.72. The van der Waals surface area contributed by atoms with Crippen LogP contribution in [-0.2, 0) is 6.42 Å². The molecule has 0 spiro atoms. The van der Waals surface area contributed by atoms with Crippen molar-refractivity contribution in [3.8, 4) is 22.5 Å². The fourth-order valence-electron chi connectivity index (χ4n) is 8.12. The maximum absolute atomic E-state index is 3.88. The Bertz CT molecular complexity index is 2590. The molecule has 252 valence electrons. The molecule has 0 amide bonds. The predicted octanol–water partition coefficient (Wildman–Crippen LogP) is 12.9. The van der Waals surface area contributed by atoms with Gasteiger partial charge in [-0.15, -0.1) is 0 Å². The fourth-order valence-corrected chi connectivity index (χ4v) is 8.12. The Morgan fingerprint density at radius 3 is 1.92 bits per heavy atom. The van der Waals surface area contributed by atoms with Gasteiger partial charge in [-0.05, 0) is 97.5 Å². The Morgan fingerprint density at radius 1 is 0.654 bits per heavy atom. The van der Waals surface area contributed by atoms with Gasteiger partial charge in [0.25, 0.3) is 0 Å². The van der Waals surface area contributed by atoms with Crippen LogP contribution in [-0.4, -0.2) is 15.7 Å². The normalized spacial score (nSPS) is 12.6. The molecule has 6 aromatic carbocycles. The fraction of sp³-hybridized carbons (Fsp3) is 0.102. The van der Waals surface area contributed by atoms with Gasteiger partial charge in [0, 0.05) is 56.7 Å². The van der Waals surface area contributed by atoms with Crippen LogP contribution < -0.4 is 4.90 Å². The number of fused-ring (bicyclic) bond motifs is 6. The van der Waals surface area contributed by atoms with E-state index in [0.717, 1.165) is 31.5 Å². The molecule has 1 aliphatic carbocycles. The average molecular weight is 672 g/mol. The second kappa shape index (κ2) is 13.4. The van der Waals surface area contributed by atoms with Crippen LogP contribution in [0.4, 0.5) is 11.4 Å². The molecule has 0 fully saturated rings. The van der Waals surface area contributed by atoms with Gasteiger partial charge in [0.1, 0.15) is 0 Å². The number of hydrogen-bond acceptors (Lipinski definition) is 1. The van der Waals surface area contributed by atoms with Crippen LogP contribution in [0.5, 0.6) is 0 Å². The number of benzene rings is 6. The van der Waals surface area contributed by atoms with Gasteiger partial charge in [-0.25, -0.2) is 0 Å². The molecule has 0 N–H and O–H groups in total. The summed E-state index contributed by atoms with van der Waals surface area (Å²) < 4.78 is 4.86. The van der Waals surface area contributed by atoms with Crippen molar-refractivity contribution in [2.45, 2.75) is 26.2 Å². The SMILES string of the molecule is C=C/C=C\CCN(c1ccc(-c2ccc(-n3c4c(c5ccccc53)C=CCC4)cc2)cc1)c1cc(-n2c3ccccc3c3ccccc32)ccc1C. The van der Waals surface area contributed by atoms with E-state index in [9.17, 15) is 0 Å². The molecule has 3 heteroatoms. The second-order valence-corrected chi connectivity index (χ2v) is 13.7. The summed E-state index contributed by atoms with van der Waals surface area (Å²) in [6.07, 6.45) is 13.7. The molecule has 0 unspecified atom stereocenters. The van der Waals surface area contributed by atoms with Gasteiger partial charge in [-0.3, -0.25) is 0 Å². The van der Waals surface area contributed by atoms with Crippen LogP contribution >= 0.6 is 0 Å². The Kier molecular flexibility index (Phi) is 8.17. The lowest BCUT2D eigenvalue weighted by Crippen LogP contribution is -2.19. The van der Waals surface area contributed by atoms with E-state index >= 15 is 0 Å². The van der Waals surface area contributed by atoms with Crippen molar-refractivity contribution in [2.24, 2.45) is 0 Å². The first-order chi connectivity index (χ1) is 25.7. The van der Waals surface area contributed by atoms with Crippen LogP contribution in [0.2, 0.25) is 0 Å². The number of allylic oxidation sites excluding steroid dienone is 3. The molecular formula is C49H41N3. The molecule has 2 aromatic heterocycles. The molecule has 8 aromatic rings. The molecule has 52 heavy (non-hydrogen) atoms. The lowest BCUT2D eigenvalue weighted by atomic mass is 10.0. The lowest BCUT2D eigenvalue weighted by molar-refractivity contribution is 0.888. The highest BCUT2D eigenvalue weighted by Gasteiger charge is 2.19. The summed E-state index contributed by atoms with van der Waals surface area (Å²) in [6, 6.07) is 51.2. The summed E-state index contributed by atoms with van der Waals surface area (Å²) in [4.78, 5) is 2.46. The highest BCUT2D eigenvalue weighted by Crippen LogP contribution is 2.38. The van der Waals surface area contributed by atoms with Crippen LogP contribution in [0.1, 0.15) is 29.7 Å². The minimum Gasteiger partial charge on any atom is -0.341 e. The Labute approximate surface area is 305 Å². The largest absolute Gasteiger partial charge is 0.341 e.